The first kappa shape index (κ1) is 14.4. The molecule has 0 amide bonds. The first-order valence-electron chi connectivity index (χ1n) is 7.43. The van der Waals surface area contributed by atoms with E-state index in [1.807, 2.05) is 31.2 Å². The summed E-state index contributed by atoms with van der Waals surface area (Å²) in [7, 11) is 0. The van der Waals surface area contributed by atoms with Gasteiger partial charge in [-0.1, -0.05) is 18.2 Å². The van der Waals surface area contributed by atoms with Gasteiger partial charge < -0.3 is 14.6 Å². The summed E-state index contributed by atoms with van der Waals surface area (Å²) >= 11 is 0. The zero-order valence-corrected chi connectivity index (χ0v) is 12.4. The molecule has 1 aliphatic heterocycles. The Hall–Kier alpha value is -2.49. The minimum atomic E-state index is -0.920. The number of hydrogen-bond donors (Lipinski definition) is 1. The third-order valence-electron chi connectivity index (χ3n) is 3.82. The van der Waals surface area contributed by atoms with Crippen molar-refractivity contribution in [2.45, 2.75) is 25.9 Å². The molecule has 0 saturated heterocycles. The summed E-state index contributed by atoms with van der Waals surface area (Å²) in [5, 5.41) is 9.10. The lowest BCUT2D eigenvalue weighted by atomic mass is 9.96. The van der Waals surface area contributed by atoms with E-state index < -0.39 is 5.97 Å². The standard InChI is InChI=1S/C18H18O4/c1-2-21-16-7-4-8-17-14(16)9-10-15(22-17)12-5-3-6-13(11-12)18(19)20/h3-8,11,15H,2,9-10H2,1H3,(H,19,20). The molecule has 1 atom stereocenters. The maximum atomic E-state index is 11.1. The third-order valence-corrected chi connectivity index (χ3v) is 3.82. The van der Waals surface area contributed by atoms with E-state index in [1.165, 1.54) is 0 Å². The molecule has 2 aromatic rings. The lowest BCUT2D eigenvalue weighted by Crippen LogP contribution is -2.16. The molecule has 4 heteroatoms. The highest BCUT2D eigenvalue weighted by Gasteiger charge is 2.24. The molecule has 1 N–H and O–H groups in total. The molecule has 1 aliphatic rings. The maximum Gasteiger partial charge on any atom is 0.335 e. The van der Waals surface area contributed by atoms with Crippen molar-refractivity contribution >= 4 is 5.97 Å². The van der Waals surface area contributed by atoms with Crippen molar-refractivity contribution in [2.75, 3.05) is 6.61 Å². The van der Waals surface area contributed by atoms with Gasteiger partial charge in [-0.25, -0.2) is 4.79 Å². The average molecular weight is 298 g/mol. The molecular formula is C18H18O4. The van der Waals surface area contributed by atoms with E-state index in [4.69, 9.17) is 14.6 Å². The van der Waals surface area contributed by atoms with Crippen molar-refractivity contribution in [1.29, 1.82) is 0 Å². The molecule has 22 heavy (non-hydrogen) atoms. The summed E-state index contributed by atoms with van der Waals surface area (Å²) in [4.78, 5) is 11.1. The molecule has 3 rings (SSSR count). The van der Waals surface area contributed by atoms with Crippen LogP contribution in [-0.2, 0) is 6.42 Å². The Morgan fingerprint density at radius 3 is 2.91 bits per heavy atom. The van der Waals surface area contributed by atoms with Crippen LogP contribution in [0.2, 0.25) is 0 Å². The van der Waals surface area contributed by atoms with Crippen LogP contribution in [0.4, 0.5) is 0 Å². The quantitative estimate of drug-likeness (QED) is 0.931. The van der Waals surface area contributed by atoms with E-state index in [0.717, 1.165) is 35.5 Å². The molecular weight excluding hydrogens is 280 g/mol. The Labute approximate surface area is 129 Å². The van der Waals surface area contributed by atoms with E-state index in [0.29, 0.717) is 6.61 Å². The van der Waals surface area contributed by atoms with Gasteiger partial charge in [-0.05, 0) is 49.6 Å². The molecule has 114 valence electrons. The van der Waals surface area contributed by atoms with Gasteiger partial charge in [-0.15, -0.1) is 0 Å². The fourth-order valence-corrected chi connectivity index (χ4v) is 2.79. The van der Waals surface area contributed by atoms with Crippen LogP contribution in [0, 0.1) is 0 Å². The third kappa shape index (κ3) is 2.77. The monoisotopic (exact) mass is 298 g/mol. The zero-order valence-electron chi connectivity index (χ0n) is 12.4. The van der Waals surface area contributed by atoms with Crippen molar-refractivity contribution in [3.05, 3.63) is 59.2 Å². The number of fused-ring (bicyclic) bond motifs is 1. The van der Waals surface area contributed by atoms with E-state index in [9.17, 15) is 4.79 Å². The van der Waals surface area contributed by atoms with Gasteiger partial charge in [0.05, 0.1) is 12.2 Å². The van der Waals surface area contributed by atoms with Crippen molar-refractivity contribution in [2.24, 2.45) is 0 Å². The second-order valence-electron chi connectivity index (χ2n) is 5.24. The lowest BCUT2D eigenvalue weighted by molar-refractivity contribution is 0.0696. The fraction of sp³-hybridized carbons (Fsp3) is 0.278. The maximum absolute atomic E-state index is 11.1. The Balaban J connectivity index is 1.87. The van der Waals surface area contributed by atoms with Crippen molar-refractivity contribution in [3.8, 4) is 11.5 Å². The number of carboxylic acids is 1. The normalized spacial score (nSPS) is 16.5. The first-order valence-corrected chi connectivity index (χ1v) is 7.43. The summed E-state index contributed by atoms with van der Waals surface area (Å²) in [6.07, 6.45) is 1.54. The van der Waals surface area contributed by atoms with Gasteiger partial charge in [-0.3, -0.25) is 0 Å². The number of rotatable bonds is 4. The fourth-order valence-electron chi connectivity index (χ4n) is 2.79. The zero-order chi connectivity index (χ0) is 15.5. The van der Waals surface area contributed by atoms with E-state index in [2.05, 4.69) is 0 Å². The van der Waals surface area contributed by atoms with Gasteiger partial charge in [0, 0.05) is 5.56 Å². The van der Waals surface area contributed by atoms with Crippen LogP contribution in [-0.4, -0.2) is 17.7 Å². The minimum Gasteiger partial charge on any atom is -0.493 e. The van der Waals surface area contributed by atoms with Crippen LogP contribution in [0.1, 0.15) is 40.9 Å². The van der Waals surface area contributed by atoms with Gasteiger partial charge in [-0.2, -0.15) is 0 Å². The average Bonchev–Trinajstić information content (AvgIpc) is 2.55. The largest absolute Gasteiger partial charge is 0.493 e. The topological polar surface area (TPSA) is 55.8 Å². The molecule has 1 heterocycles. The summed E-state index contributed by atoms with van der Waals surface area (Å²) in [5.74, 6) is 0.775. The molecule has 0 aromatic heterocycles. The Morgan fingerprint density at radius 2 is 2.14 bits per heavy atom. The summed E-state index contributed by atoms with van der Waals surface area (Å²) in [6, 6.07) is 12.8. The van der Waals surface area contributed by atoms with Crippen LogP contribution in [0.15, 0.2) is 42.5 Å². The van der Waals surface area contributed by atoms with Crippen molar-refractivity contribution in [3.63, 3.8) is 0 Å². The van der Waals surface area contributed by atoms with E-state index in [1.54, 1.807) is 18.2 Å². The number of benzene rings is 2. The molecule has 2 aromatic carbocycles. The minimum absolute atomic E-state index is 0.122. The number of carboxylic acid groups (broad SMARTS) is 1. The summed E-state index contributed by atoms with van der Waals surface area (Å²) < 4.78 is 11.7. The van der Waals surface area contributed by atoms with Crippen LogP contribution >= 0.6 is 0 Å². The highest BCUT2D eigenvalue weighted by atomic mass is 16.5. The Morgan fingerprint density at radius 1 is 1.32 bits per heavy atom. The highest BCUT2D eigenvalue weighted by molar-refractivity contribution is 5.87. The van der Waals surface area contributed by atoms with Crippen molar-refractivity contribution in [1.82, 2.24) is 0 Å². The molecule has 0 bridgehead atoms. The number of hydrogen-bond acceptors (Lipinski definition) is 3. The molecule has 0 aliphatic carbocycles. The van der Waals surface area contributed by atoms with E-state index in [-0.39, 0.29) is 11.7 Å². The van der Waals surface area contributed by atoms with Gasteiger partial charge in [0.2, 0.25) is 0 Å². The summed E-state index contributed by atoms with van der Waals surface area (Å²) in [6.45, 7) is 2.59. The molecule has 0 saturated carbocycles. The lowest BCUT2D eigenvalue weighted by Gasteiger charge is -2.27. The highest BCUT2D eigenvalue weighted by Crippen LogP contribution is 2.39. The number of aromatic carboxylic acids is 1. The Bertz CT molecular complexity index is 693. The molecule has 1 unspecified atom stereocenters. The first-order chi connectivity index (χ1) is 10.7. The van der Waals surface area contributed by atoms with Crippen LogP contribution in [0.5, 0.6) is 11.5 Å². The molecule has 0 fully saturated rings. The van der Waals surface area contributed by atoms with Gasteiger partial charge in [0.1, 0.15) is 17.6 Å². The number of carbonyl (C=O) groups is 1. The second kappa shape index (κ2) is 6.10. The van der Waals surface area contributed by atoms with Crippen molar-refractivity contribution < 1.29 is 19.4 Å². The second-order valence-corrected chi connectivity index (χ2v) is 5.24. The van der Waals surface area contributed by atoms with Crippen LogP contribution in [0.3, 0.4) is 0 Å². The summed E-state index contributed by atoms with van der Waals surface area (Å²) in [5.41, 5.74) is 2.28. The predicted octanol–water partition coefficient (Wildman–Crippen LogP) is 3.85. The molecule has 0 radical (unpaired) electrons. The van der Waals surface area contributed by atoms with Gasteiger partial charge >= 0.3 is 5.97 Å². The van der Waals surface area contributed by atoms with Gasteiger partial charge in [0.25, 0.3) is 0 Å². The smallest absolute Gasteiger partial charge is 0.335 e. The van der Waals surface area contributed by atoms with E-state index >= 15 is 0 Å². The predicted molar refractivity (Wildman–Crippen MR) is 82.7 cm³/mol. The van der Waals surface area contributed by atoms with Crippen LogP contribution < -0.4 is 9.47 Å². The van der Waals surface area contributed by atoms with Gasteiger partial charge in [0.15, 0.2) is 0 Å². The SMILES string of the molecule is CCOc1cccc2c1CCC(c1cccc(C(=O)O)c1)O2. The molecule has 0 spiro atoms. The molecule has 4 nitrogen and oxygen atoms in total. The van der Waals surface area contributed by atoms with Crippen LogP contribution in [0.25, 0.3) is 0 Å². The Kier molecular flexibility index (Phi) is 4.00. The number of ether oxygens (including phenoxy) is 2.